The molecule has 4 nitrogen and oxygen atoms in total. The number of benzene rings is 1. The Kier molecular flexibility index (Phi) is 3.57. The summed E-state index contributed by atoms with van der Waals surface area (Å²) in [5.41, 5.74) is -0.867. The lowest BCUT2D eigenvalue weighted by molar-refractivity contribution is -0.113. The van der Waals surface area contributed by atoms with Crippen LogP contribution < -0.4 is 5.01 Å². The van der Waals surface area contributed by atoms with Crippen molar-refractivity contribution in [3.8, 4) is 0 Å². The minimum atomic E-state index is -2.90. The number of hydrogen-bond donors (Lipinski definition) is 1. The summed E-state index contributed by atoms with van der Waals surface area (Å²) >= 11 is 1.28. The van der Waals surface area contributed by atoms with Crippen molar-refractivity contribution in [1.82, 2.24) is 4.98 Å². The van der Waals surface area contributed by atoms with Crippen LogP contribution >= 0.6 is 11.3 Å². The fraction of sp³-hybridized carbons (Fsp3) is 0.500. The zero-order valence-corrected chi connectivity index (χ0v) is 13.3. The van der Waals surface area contributed by atoms with Gasteiger partial charge in [0, 0.05) is 5.71 Å². The summed E-state index contributed by atoms with van der Waals surface area (Å²) < 4.78 is 28.6. The van der Waals surface area contributed by atoms with Gasteiger partial charge in [-0.1, -0.05) is 36.3 Å². The van der Waals surface area contributed by atoms with Gasteiger partial charge in [0.2, 0.25) is 10.9 Å². The zero-order chi connectivity index (χ0) is 16.0. The second kappa shape index (κ2) is 5.49. The van der Waals surface area contributed by atoms with Crippen LogP contribution in [0, 0.1) is 5.92 Å². The largest absolute Gasteiger partial charge is 0.364 e. The molecule has 1 saturated carbocycles. The Labute approximate surface area is 136 Å². The van der Waals surface area contributed by atoms with Crippen LogP contribution in [0.25, 0.3) is 10.2 Å². The molecule has 0 amide bonds. The SMILES string of the molecule is O[C@]1(C(F)F)[C@@H]2CCCCCC2=NN1c1nc2ccccc2s1. The Morgan fingerprint density at radius 3 is 2.87 bits per heavy atom. The molecule has 0 spiro atoms. The average molecular weight is 337 g/mol. The van der Waals surface area contributed by atoms with Crippen LogP contribution in [0.15, 0.2) is 29.4 Å². The van der Waals surface area contributed by atoms with Gasteiger partial charge >= 0.3 is 0 Å². The van der Waals surface area contributed by atoms with Gasteiger partial charge in [0.25, 0.3) is 6.43 Å². The van der Waals surface area contributed by atoms with Crippen LogP contribution in [-0.2, 0) is 0 Å². The van der Waals surface area contributed by atoms with Crippen molar-refractivity contribution in [2.75, 3.05) is 5.01 Å². The molecule has 0 radical (unpaired) electrons. The number of nitrogens with zero attached hydrogens (tertiary/aromatic N) is 3. The molecule has 1 N–H and O–H groups in total. The number of aliphatic hydroxyl groups is 1. The fourth-order valence-corrected chi connectivity index (χ4v) is 4.48. The van der Waals surface area contributed by atoms with E-state index in [0.717, 1.165) is 34.5 Å². The lowest BCUT2D eigenvalue weighted by Gasteiger charge is -2.34. The molecule has 0 saturated heterocycles. The van der Waals surface area contributed by atoms with Crippen molar-refractivity contribution in [2.24, 2.45) is 11.0 Å². The minimum Gasteiger partial charge on any atom is -0.364 e. The third kappa shape index (κ3) is 2.25. The first kappa shape index (κ1) is 15.0. The van der Waals surface area contributed by atoms with Crippen LogP contribution in [0.5, 0.6) is 0 Å². The highest BCUT2D eigenvalue weighted by molar-refractivity contribution is 7.22. The summed E-state index contributed by atoms with van der Waals surface area (Å²) in [4.78, 5) is 4.40. The van der Waals surface area contributed by atoms with Crippen LogP contribution in [0.1, 0.15) is 32.1 Å². The van der Waals surface area contributed by atoms with Gasteiger partial charge in [-0.05, 0) is 31.4 Å². The third-order valence-electron chi connectivity index (χ3n) is 4.69. The Bertz CT molecular complexity index is 730. The first-order valence-corrected chi connectivity index (χ1v) is 8.66. The molecular formula is C16H17F2N3OS. The predicted molar refractivity (Wildman–Crippen MR) is 87.1 cm³/mol. The molecule has 2 aromatic rings. The number of thiazole rings is 1. The highest BCUT2D eigenvalue weighted by Crippen LogP contribution is 2.45. The lowest BCUT2D eigenvalue weighted by Crippen LogP contribution is -2.54. The molecule has 1 aromatic heterocycles. The maximum atomic E-state index is 13.8. The van der Waals surface area contributed by atoms with Crippen molar-refractivity contribution in [2.45, 2.75) is 44.3 Å². The molecule has 122 valence electrons. The van der Waals surface area contributed by atoms with Crippen molar-refractivity contribution in [3.05, 3.63) is 24.3 Å². The highest BCUT2D eigenvalue weighted by atomic mass is 32.1. The van der Waals surface area contributed by atoms with E-state index in [2.05, 4.69) is 10.1 Å². The molecule has 2 aliphatic rings. The number of rotatable bonds is 2. The van der Waals surface area contributed by atoms with Crippen molar-refractivity contribution in [1.29, 1.82) is 0 Å². The highest BCUT2D eigenvalue weighted by Gasteiger charge is 2.57. The topological polar surface area (TPSA) is 48.7 Å². The molecule has 4 rings (SSSR count). The van der Waals surface area contributed by atoms with Crippen molar-refractivity contribution < 1.29 is 13.9 Å². The fourth-order valence-electron chi connectivity index (χ4n) is 3.50. The van der Waals surface area contributed by atoms with E-state index in [1.54, 1.807) is 0 Å². The first-order valence-electron chi connectivity index (χ1n) is 7.84. The number of aromatic nitrogens is 1. The van der Waals surface area contributed by atoms with E-state index < -0.39 is 18.1 Å². The van der Waals surface area contributed by atoms with Crippen LogP contribution in [0.2, 0.25) is 0 Å². The number of halogens is 2. The van der Waals surface area contributed by atoms with E-state index in [4.69, 9.17) is 0 Å². The normalized spacial score (nSPS) is 28.1. The Balaban J connectivity index is 1.81. The first-order chi connectivity index (χ1) is 11.1. The maximum absolute atomic E-state index is 13.8. The van der Waals surface area contributed by atoms with Gasteiger partial charge in [0.1, 0.15) is 0 Å². The van der Waals surface area contributed by atoms with Gasteiger partial charge in [-0.15, -0.1) is 0 Å². The van der Waals surface area contributed by atoms with Gasteiger partial charge in [-0.3, -0.25) is 0 Å². The third-order valence-corrected chi connectivity index (χ3v) is 5.71. The second-order valence-corrected chi connectivity index (χ2v) is 7.11. The number of anilines is 1. The molecule has 1 aliphatic heterocycles. The summed E-state index contributed by atoms with van der Waals surface area (Å²) in [6.07, 6.45) is 1.08. The van der Waals surface area contributed by atoms with E-state index in [-0.39, 0.29) is 0 Å². The van der Waals surface area contributed by atoms with Crippen LogP contribution in [0.3, 0.4) is 0 Å². The van der Waals surface area contributed by atoms with Crippen molar-refractivity contribution >= 4 is 32.4 Å². The molecule has 1 fully saturated rings. The van der Waals surface area contributed by atoms with E-state index in [9.17, 15) is 13.9 Å². The molecule has 2 heterocycles. The number of hydrogen-bond acceptors (Lipinski definition) is 5. The van der Waals surface area contributed by atoms with Gasteiger partial charge in [0.15, 0.2) is 0 Å². The number of para-hydroxylation sites is 1. The average Bonchev–Trinajstić information content (AvgIpc) is 2.98. The minimum absolute atomic E-state index is 0.328. The molecular weight excluding hydrogens is 320 g/mol. The van der Waals surface area contributed by atoms with Gasteiger partial charge in [0.05, 0.1) is 16.1 Å². The van der Waals surface area contributed by atoms with E-state index >= 15 is 0 Å². The Morgan fingerprint density at radius 1 is 1.26 bits per heavy atom. The number of alkyl halides is 2. The van der Waals surface area contributed by atoms with Gasteiger partial charge < -0.3 is 5.11 Å². The number of hydrazone groups is 1. The smallest absolute Gasteiger partial charge is 0.287 e. The molecule has 2 atom stereocenters. The summed E-state index contributed by atoms with van der Waals surface area (Å²) in [5.74, 6) is -0.614. The zero-order valence-electron chi connectivity index (χ0n) is 12.5. The van der Waals surface area contributed by atoms with E-state index in [1.807, 2.05) is 24.3 Å². The summed E-state index contributed by atoms with van der Waals surface area (Å²) in [6, 6.07) is 7.45. The summed E-state index contributed by atoms with van der Waals surface area (Å²) in [7, 11) is 0. The van der Waals surface area contributed by atoms with Crippen LogP contribution in [-0.4, -0.2) is 28.0 Å². The molecule has 0 unspecified atom stereocenters. The monoisotopic (exact) mass is 337 g/mol. The maximum Gasteiger partial charge on any atom is 0.287 e. The molecule has 23 heavy (non-hydrogen) atoms. The van der Waals surface area contributed by atoms with Crippen molar-refractivity contribution in [3.63, 3.8) is 0 Å². The van der Waals surface area contributed by atoms with Gasteiger partial charge in [-0.2, -0.15) is 5.10 Å². The predicted octanol–water partition coefficient (Wildman–Crippen LogP) is 4.01. The molecule has 0 bridgehead atoms. The lowest BCUT2D eigenvalue weighted by atomic mass is 9.88. The van der Waals surface area contributed by atoms with Gasteiger partial charge in [-0.25, -0.2) is 18.8 Å². The standard InChI is InChI=1S/C16H17F2N3OS/c17-14(18)16(22)10-6-2-1-3-7-11(10)20-21(16)15-19-12-8-4-5-9-13(12)23-15/h4-5,8-10,14,22H,1-3,6-7H2/t10-,16+/m1/s1. The number of fused-ring (bicyclic) bond motifs is 2. The van der Waals surface area contributed by atoms with Crippen LogP contribution in [0.4, 0.5) is 13.9 Å². The Hall–Kier alpha value is -1.60. The second-order valence-electron chi connectivity index (χ2n) is 6.10. The Morgan fingerprint density at radius 2 is 2.09 bits per heavy atom. The molecule has 1 aliphatic carbocycles. The van der Waals surface area contributed by atoms with E-state index in [1.165, 1.54) is 11.3 Å². The quantitative estimate of drug-likeness (QED) is 0.901. The van der Waals surface area contributed by atoms with E-state index in [0.29, 0.717) is 23.7 Å². The summed E-state index contributed by atoms with van der Waals surface area (Å²) in [6.45, 7) is 0. The summed E-state index contributed by atoms with van der Waals surface area (Å²) in [5, 5.41) is 16.6. The molecule has 7 heteroatoms. The molecule has 1 aromatic carbocycles.